The van der Waals surface area contributed by atoms with Gasteiger partial charge in [-0.3, -0.25) is 9.69 Å². The molecule has 122 valence electrons. The van der Waals surface area contributed by atoms with Gasteiger partial charge in [-0.1, -0.05) is 29.8 Å². The molecule has 0 radical (unpaired) electrons. The van der Waals surface area contributed by atoms with E-state index in [-0.39, 0.29) is 11.9 Å². The number of likely N-dealkylation sites (N-methyl/N-ethyl adjacent to an activating group) is 1. The third-order valence-electron chi connectivity index (χ3n) is 3.61. The van der Waals surface area contributed by atoms with Crippen molar-refractivity contribution in [3.05, 3.63) is 59.6 Å². The summed E-state index contributed by atoms with van der Waals surface area (Å²) in [6.45, 7) is 3.05. The monoisotopic (exact) mass is 332 g/mol. The molecule has 1 unspecified atom stereocenters. The van der Waals surface area contributed by atoms with Crippen LogP contribution in [0.4, 0.5) is 5.69 Å². The molecule has 0 saturated heterocycles. The van der Waals surface area contributed by atoms with Crippen LogP contribution in [0.25, 0.3) is 0 Å². The summed E-state index contributed by atoms with van der Waals surface area (Å²) in [5, 5.41) is 3.52. The molecule has 0 spiro atoms. The minimum absolute atomic E-state index is 0.0606. The van der Waals surface area contributed by atoms with E-state index in [9.17, 15) is 4.79 Å². The number of ether oxygens (including phenoxy) is 1. The van der Waals surface area contributed by atoms with Crippen LogP contribution in [0.3, 0.4) is 0 Å². The fraction of sp³-hybridized carbons (Fsp3) is 0.278. The highest BCUT2D eigenvalue weighted by Crippen LogP contribution is 2.14. The number of carbonyl (C=O) groups is 1. The zero-order valence-electron chi connectivity index (χ0n) is 13.3. The standard InChI is InChI=1S/C18H21ClN2O2/c1-14(18(22)20-16-10-8-15(19)9-11-16)21(2)12-13-23-17-6-4-3-5-7-17/h3-11,14H,12-13H2,1-2H3,(H,20,22). The van der Waals surface area contributed by atoms with Crippen LogP contribution in [-0.4, -0.2) is 37.0 Å². The second-order valence-corrected chi connectivity index (χ2v) is 5.75. The number of nitrogens with zero attached hydrogens (tertiary/aromatic N) is 1. The van der Waals surface area contributed by atoms with E-state index in [1.54, 1.807) is 24.3 Å². The minimum atomic E-state index is -0.259. The van der Waals surface area contributed by atoms with Gasteiger partial charge >= 0.3 is 0 Å². The number of halogens is 1. The molecule has 5 heteroatoms. The zero-order chi connectivity index (χ0) is 16.7. The summed E-state index contributed by atoms with van der Waals surface area (Å²) in [5.74, 6) is 0.772. The predicted octanol–water partition coefficient (Wildman–Crippen LogP) is 3.68. The third-order valence-corrected chi connectivity index (χ3v) is 3.86. The number of carbonyl (C=O) groups excluding carboxylic acids is 1. The number of amides is 1. The molecule has 2 aromatic carbocycles. The summed E-state index contributed by atoms with van der Waals surface area (Å²) in [4.78, 5) is 14.2. The van der Waals surface area contributed by atoms with E-state index in [4.69, 9.17) is 16.3 Å². The molecule has 0 bridgehead atoms. The summed E-state index contributed by atoms with van der Waals surface area (Å²) >= 11 is 5.83. The van der Waals surface area contributed by atoms with Crippen molar-refractivity contribution >= 4 is 23.2 Å². The Morgan fingerprint density at radius 2 is 1.83 bits per heavy atom. The Hall–Kier alpha value is -2.04. The quantitative estimate of drug-likeness (QED) is 0.841. The lowest BCUT2D eigenvalue weighted by molar-refractivity contribution is -0.120. The van der Waals surface area contributed by atoms with Crippen LogP contribution in [0.1, 0.15) is 6.92 Å². The Labute approximate surface area is 142 Å². The topological polar surface area (TPSA) is 41.6 Å². The van der Waals surface area contributed by atoms with Crippen LogP contribution in [0.15, 0.2) is 54.6 Å². The molecule has 0 saturated carbocycles. The van der Waals surface area contributed by atoms with E-state index < -0.39 is 0 Å². The van der Waals surface area contributed by atoms with E-state index in [1.807, 2.05) is 49.2 Å². The van der Waals surface area contributed by atoms with Crippen LogP contribution in [0, 0.1) is 0 Å². The Bertz CT molecular complexity index is 617. The molecule has 1 atom stereocenters. The van der Waals surface area contributed by atoms with Gasteiger partial charge in [0.25, 0.3) is 0 Å². The summed E-state index contributed by atoms with van der Waals surface area (Å²) in [5.41, 5.74) is 0.736. The number of hydrogen-bond donors (Lipinski definition) is 1. The van der Waals surface area contributed by atoms with Crippen LogP contribution in [-0.2, 0) is 4.79 Å². The highest BCUT2D eigenvalue weighted by molar-refractivity contribution is 6.30. The van der Waals surface area contributed by atoms with Crippen molar-refractivity contribution in [2.45, 2.75) is 13.0 Å². The lowest BCUT2D eigenvalue weighted by atomic mass is 10.2. The zero-order valence-corrected chi connectivity index (χ0v) is 14.1. The van der Waals surface area contributed by atoms with E-state index in [1.165, 1.54) is 0 Å². The molecular weight excluding hydrogens is 312 g/mol. The Morgan fingerprint density at radius 3 is 2.48 bits per heavy atom. The molecule has 1 amide bonds. The molecule has 0 aliphatic carbocycles. The summed E-state index contributed by atoms with van der Waals surface area (Å²) < 4.78 is 5.65. The van der Waals surface area contributed by atoms with Crippen LogP contribution < -0.4 is 10.1 Å². The lowest BCUT2D eigenvalue weighted by Gasteiger charge is -2.23. The van der Waals surface area contributed by atoms with E-state index in [0.29, 0.717) is 18.2 Å². The second-order valence-electron chi connectivity index (χ2n) is 5.31. The van der Waals surface area contributed by atoms with Gasteiger partial charge in [-0.15, -0.1) is 0 Å². The molecule has 0 aromatic heterocycles. The van der Waals surface area contributed by atoms with E-state index in [0.717, 1.165) is 11.4 Å². The fourth-order valence-electron chi connectivity index (χ4n) is 2.00. The highest BCUT2D eigenvalue weighted by Gasteiger charge is 2.17. The number of nitrogens with one attached hydrogen (secondary N) is 1. The molecule has 4 nitrogen and oxygen atoms in total. The number of rotatable bonds is 7. The highest BCUT2D eigenvalue weighted by atomic mass is 35.5. The van der Waals surface area contributed by atoms with Crippen molar-refractivity contribution < 1.29 is 9.53 Å². The Kier molecular flexibility index (Phi) is 6.44. The first-order valence-electron chi connectivity index (χ1n) is 7.51. The molecule has 0 heterocycles. The molecule has 0 aliphatic rings. The predicted molar refractivity (Wildman–Crippen MR) is 94.1 cm³/mol. The van der Waals surface area contributed by atoms with Gasteiger partial charge in [0.1, 0.15) is 12.4 Å². The van der Waals surface area contributed by atoms with Crippen molar-refractivity contribution in [3.8, 4) is 5.75 Å². The van der Waals surface area contributed by atoms with E-state index in [2.05, 4.69) is 5.32 Å². The lowest BCUT2D eigenvalue weighted by Crippen LogP contribution is -2.41. The Morgan fingerprint density at radius 1 is 1.17 bits per heavy atom. The number of para-hydroxylation sites is 1. The largest absolute Gasteiger partial charge is 0.492 e. The van der Waals surface area contributed by atoms with Gasteiger partial charge in [-0.05, 0) is 50.4 Å². The molecule has 0 fully saturated rings. The maximum absolute atomic E-state index is 12.2. The molecule has 0 aliphatic heterocycles. The van der Waals surface area contributed by atoms with Crippen LogP contribution >= 0.6 is 11.6 Å². The van der Waals surface area contributed by atoms with Gasteiger partial charge < -0.3 is 10.1 Å². The normalized spacial score (nSPS) is 12.0. The first-order valence-corrected chi connectivity index (χ1v) is 7.88. The molecule has 23 heavy (non-hydrogen) atoms. The first-order chi connectivity index (χ1) is 11.1. The van der Waals surface area contributed by atoms with E-state index >= 15 is 0 Å². The van der Waals surface area contributed by atoms with Crippen molar-refractivity contribution in [1.29, 1.82) is 0 Å². The average molecular weight is 333 g/mol. The minimum Gasteiger partial charge on any atom is -0.492 e. The van der Waals surface area contributed by atoms with Crippen LogP contribution in [0.2, 0.25) is 5.02 Å². The maximum atomic E-state index is 12.2. The summed E-state index contributed by atoms with van der Waals surface area (Å²) in [6, 6.07) is 16.4. The van der Waals surface area contributed by atoms with Crippen molar-refractivity contribution in [1.82, 2.24) is 4.90 Å². The first kappa shape index (κ1) is 17.3. The SMILES string of the molecule is CC(C(=O)Nc1ccc(Cl)cc1)N(C)CCOc1ccccc1. The Balaban J connectivity index is 1.78. The summed E-state index contributed by atoms with van der Waals surface area (Å²) in [7, 11) is 1.90. The van der Waals surface area contributed by atoms with Crippen molar-refractivity contribution in [3.63, 3.8) is 0 Å². The maximum Gasteiger partial charge on any atom is 0.241 e. The average Bonchev–Trinajstić information content (AvgIpc) is 2.57. The fourth-order valence-corrected chi connectivity index (χ4v) is 2.12. The van der Waals surface area contributed by atoms with Crippen molar-refractivity contribution in [2.24, 2.45) is 0 Å². The smallest absolute Gasteiger partial charge is 0.241 e. The third kappa shape index (κ3) is 5.58. The molecule has 1 N–H and O–H groups in total. The number of hydrogen-bond acceptors (Lipinski definition) is 3. The molecule has 2 rings (SSSR count). The summed E-state index contributed by atoms with van der Waals surface area (Å²) in [6.07, 6.45) is 0. The van der Waals surface area contributed by atoms with Gasteiger partial charge in [0.15, 0.2) is 0 Å². The van der Waals surface area contributed by atoms with Crippen LogP contribution in [0.5, 0.6) is 5.75 Å². The van der Waals surface area contributed by atoms with Gasteiger partial charge in [0.2, 0.25) is 5.91 Å². The number of anilines is 1. The van der Waals surface area contributed by atoms with Gasteiger partial charge in [-0.2, -0.15) is 0 Å². The molecular formula is C18H21ClN2O2. The number of benzene rings is 2. The molecule has 2 aromatic rings. The van der Waals surface area contributed by atoms with Crippen molar-refractivity contribution in [2.75, 3.05) is 25.5 Å². The van der Waals surface area contributed by atoms with Gasteiger partial charge in [-0.25, -0.2) is 0 Å². The van der Waals surface area contributed by atoms with Gasteiger partial charge in [0.05, 0.1) is 6.04 Å². The second kappa shape index (κ2) is 8.56. The van der Waals surface area contributed by atoms with Gasteiger partial charge in [0, 0.05) is 17.3 Å².